The number of benzene rings is 1. The Labute approximate surface area is 115 Å². The van der Waals surface area contributed by atoms with Gasteiger partial charge in [-0.05, 0) is 28.7 Å². The number of terminal acetylenes is 2. The van der Waals surface area contributed by atoms with Crippen LogP contribution in [0.5, 0.6) is 0 Å². The van der Waals surface area contributed by atoms with Crippen LogP contribution in [0.2, 0.25) is 0 Å². The van der Waals surface area contributed by atoms with Crippen LogP contribution in [-0.2, 0) is 5.41 Å². The van der Waals surface area contributed by atoms with Gasteiger partial charge in [0.1, 0.15) is 5.41 Å². The van der Waals surface area contributed by atoms with Crippen molar-refractivity contribution >= 4 is 5.57 Å². The second-order valence-corrected chi connectivity index (χ2v) is 5.76. The Morgan fingerprint density at radius 3 is 2.47 bits per heavy atom. The Morgan fingerprint density at radius 2 is 1.79 bits per heavy atom. The maximum atomic E-state index is 5.80. The Hall–Kier alpha value is -2.18. The number of hydrogen-bond acceptors (Lipinski definition) is 0. The highest BCUT2D eigenvalue weighted by Crippen LogP contribution is 2.56. The molecule has 92 valence electrons. The van der Waals surface area contributed by atoms with Crippen LogP contribution in [0.25, 0.3) is 5.57 Å². The average molecular weight is 244 g/mol. The third-order valence-corrected chi connectivity index (χ3v) is 4.41. The second-order valence-electron chi connectivity index (χ2n) is 5.76. The first-order valence-electron chi connectivity index (χ1n) is 6.54. The van der Waals surface area contributed by atoms with Gasteiger partial charge in [0.15, 0.2) is 0 Å². The van der Waals surface area contributed by atoms with Gasteiger partial charge >= 0.3 is 0 Å². The summed E-state index contributed by atoms with van der Waals surface area (Å²) in [6, 6.07) is 8.49. The fourth-order valence-corrected chi connectivity index (χ4v) is 3.56. The van der Waals surface area contributed by atoms with Crippen LogP contribution in [0.15, 0.2) is 42.0 Å². The van der Waals surface area contributed by atoms with E-state index in [1.165, 1.54) is 22.3 Å². The van der Waals surface area contributed by atoms with E-state index in [1.807, 2.05) is 0 Å². The van der Waals surface area contributed by atoms with Gasteiger partial charge in [-0.3, -0.25) is 0 Å². The quantitative estimate of drug-likeness (QED) is 0.606. The van der Waals surface area contributed by atoms with Gasteiger partial charge in [-0.2, -0.15) is 0 Å². The SMILES string of the molecule is C#CC1(C#C)CC=CC2=C1C(C)(C)c1ccccc12. The summed E-state index contributed by atoms with van der Waals surface area (Å²) in [5, 5.41) is 0. The molecule has 3 rings (SSSR count). The lowest BCUT2D eigenvalue weighted by Gasteiger charge is -2.36. The molecule has 0 unspecified atom stereocenters. The van der Waals surface area contributed by atoms with Crippen LogP contribution in [0.3, 0.4) is 0 Å². The summed E-state index contributed by atoms with van der Waals surface area (Å²) in [4.78, 5) is 0. The molecule has 0 spiro atoms. The van der Waals surface area contributed by atoms with E-state index in [-0.39, 0.29) is 5.41 Å². The van der Waals surface area contributed by atoms with Crippen molar-refractivity contribution in [2.75, 3.05) is 0 Å². The van der Waals surface area contributed by atoms with Crippen molar-refractivity contribution < 1.29 is 0 Å². The first kappa shape index (κ1) is 11.9. The normalized spacial score (nSPS) is 21.3. The molecular weight excluding hydrogens is 228 g/mol. The van der Waals surface area contributed by atoms with Crippen LogP contribution >= 0.6 is 0 Å². The van der Waals surface area contributed by atoms with E-state index < -0.39 is 5.41 Å². The molecule has 1 aromatic rings. The predicted molar refractivity (Wildman–Crippen MR) is 80.2 cm³/mol. The molecule has 0 amide bonds. The molecule has 0 aliphatic heterocycles. The molecule has 0 radical (unpaired) electrons. The third-order valence-electron chi connectivity index (χ3n) is 4.41. The molecule has 0 bridgehead atoms. The molecule has 0 saturated carbocycles. The zero-order valence-electron chi connectivity index (χ0n) is 11.3. The lowest BCUT2D eigenvalue weighted by atomic mass is 9.65. The summed E-state index contributed by atoms with van der Waals surface area (Å²) in [7, 11) is 0. The molecule has 19 heavy (non-hydrogen) atoms. The molecule has 0 fully saturated rings. The Balaban J connectivity index is 2.37. The standard InChI is InChI=1S/C19H16/c1-5-19(6-2)13-9-11-15-14-10-7-8-12-16(14)18(3,4)17(15)19/h1-2,7-12H,13H2,3-4H3. The first-order valence-corrected chi connectivity index (χ1v) is 6.54. The number of fused-ring (bicyclic) bond motifs is 2. The van der Waals surface area contributed by atoms with E-state index in [0.717, 1.165) is 6.42 Å². The average Bonchev–Trinajstić information content (AvgIpc) is 2.69. The van der Waals surface area contributed by atoms with Gasteiger partial charge in [0.05, 0.1) is 0 Å². The summed E-state index contributed by atoms with van der Waals surface area (Å²) in [6.07, 6.45) is 16.6. The van der Waals surface area contributed by atoms with Crippen LogP contribution in [0.4, 0.5) is 0 Å². The minimum absolute atomic E-state index is 0.102. The van der Waals surface area contributed by atoms with Crippen molar-refractivity contribution in [1.82, 2.24) is 0 Å². The number of hydrogen-bond donors (Lipinski definition) is 0. The fourth-order valence-electron chi connectivity index (χ4n) is 3.56. The highest BCUT2D eigenvalue weighted by atomic mass is 14.5. The van der Waals surface area contributed by atoms with Gasteiger partial charge in [0.2, 0.25) is 0 Å². The second kappa shape index (κ2) is 3.66. The van der Waals surface area contributed by atoms with Gasteiger partial charge in [0, 0.05) is 5.41 Å². The summed E-state index contributed by atoms with van der Waals surface area (Å²) in [5.41, 5.74) is 4.35. The van der Waals surface area contributed by atoms with Crippen molar-refractivity contribution in [3.05, 3.63) is 53.1 Å². The van der Waals surface area contributed by atoms with Crippen LogP contribution < -0.4 is 0 Å². The molecule has 2 aliphatic rings. The van der Waals surface area contributed by atoms with Gasteiger partial charge in [-0.15, -0.1) is 12.8 Å². The summed E-state index contributed by atoms with van der Waals surface area (Å²) >= 11 is 0. The number of rotatable bonds is 0. The summed E-state index contributed by atoms with van der Waals surface area (Å²) in [5.74, 6) is 5.77. The maximum Gasteiger partial charge on any atom is 0.117 e. The summed E-state index contributed by atoms with van der Waals surface area (Å²) in [6.45, 7) is 4.44. The topological polar surface area (TPSA) is 0 Å². The fraction of sp³-hybridized carbons (Fsp3) is 0.263. The third kappa shape index (κ3) is 1.32. The van der Waals surface area contributed by atoms with Crippen LogP contribution in [0, 0.1) is 30.1 Å². The summed E-state index contributed by atoms with van der Waals surface area (Å²) < 4.78 is 0. The van der Waals surface area contributed by atoms with Crippen molar-refractivity contribution in [3.63, 3.8) is 0 Å². The first-order chi connectivity index (χ1) is 9.07. The van der Waals surface area contributed by atoms with E-state index in [2.05, 4.69) is 62.1 Å². The Kier molecular flexibility index (Phi) is 2.29. The molecule has 0 aromatic heterocycles. The largest absolute Gasteiger partial charge is 0.118 e. The Morgan fingerprint density at radius 1 is 1.11 bits per heavy atom. The molecule has 0 heteroatoms. The minimum Gasteiger partial charge on any atom is -0.118 e. The van der Waals surface area contributed by atoms with E-state index in [4.69, 9.17) is 12.8 Å². The van der Waals surface area contributed by atoms with E-state index in [9.17, 15) is 0 Å². The predicted octanol–water partition coefficient (Wildman–Crippen LogP) is 3.94. The molecule has 0 N–H and O–H groups in total. The smallest absolute Gasteiger partial charge is 0.117 e. The lowest BCUT2D eigenvalue weighted by molar-refractivity contribution is 0.505. The highest BCUT2D eigenvalue weighted by Gasteiger charge is 2.47. The molecule has 0 saturated heterocycles. The number of allylic oxidation sites excluding steroid dienone is 4. The van der Waals surface area contributed by atoms with Gasteiger partial charge < -0.3 is 0 Å². The molecule has 2 aliphatic carbocycles. The van der Waals surface area contributed by atoms with E-state index >= 15 is 0 Å². The zero-order chi connectivity index (χ0) is 13.7. The molecule has 0 nitrogen and oxygen atoms in total. The van der Waals surface area contributed by atoms with Gasteiger partial charge in [-0.1, -0.05) is 62.1 Å². The zero-order valence-corrected chi connectivity index (χ0v) is 11.3. The molecular formula is C19H16. The molecule has 0 atom stereocenters. The maximum absolute atomic E-state index is 5.80. The Bertz CT molecular complexity index is 682. The lowest BCUT2D eigenvalue weighted by Crippen LogP contribution is -2.31. The van der Waals surface area contributed by atoms with Crippen LogP contribution in [0.1, 0.15) is 31.4 Å². The van der Waals surface area contributed by atoms with Crippen molar-refractivity contribution in [2.24, 2.45) is 5.41 Å². The monoisotopic (exact) mass is 244 g/mol. The molecule has 0 heterocycles. The van der Waals surface area contributed by atoms with Crippen LogP contribution in [-0.4, -0.2) is 0 Å². The van der Waals surface area contributed by atoms with Gasteiger partial charge in [-0.25, -0.2) is 0 Å². The molecule has 1 aromatic carbocycles. The van der Waals surface area contributed by atoms with E-state index in [0.29, 0.717) is 0 Å². The van der Waals surface area contributed by atoms with Crippen molar-refractivity contribution in [1.29, 1.82) is 0 Å². The highest BCUT2D eigenvalue weighted by molar-refractivity contribution is 5.89. The van der Waals surface area contributed by atoms with Gasteiger partial charge in [0.25, 0.3) is 0 Å². The minimum atomic E-state index is -0.577. The van der Waals surface area contributed by atoms with E-state index in [1.54, 1.807) is 0 Å². The van der Waals surface area contributed by atoms with Crippen molar-refractivity contribution in [2.45, 2.75) is 25.7 Å². The van der Waals surface area contributed by atoms with Crippen molar-refractivity contribution in [3.8, 4) is 24.7 Å².